The number of carbonyl (C=O) groups is 1. The van der Waals surface area contributed by atoms with E-state index in [9.17, 15) is 4.79 Å². The molecule has 1 aliphatic rings. The molecule has 0 N–H and O–H groups in total. The molecule has 2 heterocycles. The minimum Gasteiger partial charge on any atom is -0.368 e. The van der Waals surface area contributed by atoms with Crippen LogP contribution in [0.4, 0.5) is 5.69 Å². The Kier molecular flexibility index (Phi) is 4.76. The van der Waals surface area contributed by atoms with Gasteiger partial charge in [0.05, 0.1) is 4.88 Å². The van der Waals surface area contributed by atoms with Crippen LogP contribution in [0.1, 0.15) is 15.2 Å². The molecular formula is C22H22N2OS. The topological polar surface area (TPSA) is 23.6 Å². The van der Waals surface area contributed by atoms with Gasteiger partial charge in [-0.25, -0.2) is 0 Å². The van der Waals surface area contributed by atoms with Gasteiger partial charge < -0.3 is 9.80 Å². The minimum absolute atomic E-state index is 0.160. The third kappa shape index (κ3) is 3.37. The average molecular weight is 362 g/mol. The number of anilines is 1. The van der Waals surface area contributed by atoms with Gasteiger partial charge in [0.25, 0.3) is 5.91 Å². The highest BCUT2D eigenvalue weighted by Gasteiger charge is 2.24. The van der Waals surface area contributed by atoms with Gasteiger partial charge in [0.1, 0.15) is 0 Å². The molecule has 0 aliphatic carbocycles. The second-order valence-electron chi connectivity index (χ2n) is 6.60. The van der Waals surface area contributed by atoms with Gasteiger partial charge in [0, 0.05) is 36.7 Å². The molecule has 0 atom stereocenters. The van der Waals surface area contributed by atoms with E-state index < -0.39 is 0 Å². The lowest BCUT2D eigenvalue weighted by molar-refractivity contribution is 0.0751. The van der Waals surface area contributed by atoms with E-state index in [1.807, 2.05) is 35.2 Å². The summed E-state index contributed by atoms with van der Waals surface area (Å²) in [7, 11) is 0. The molecule has 1 amide bonds. The summed E-state index contributed by atoms with van der Waals surface area (Å²) < 4.78 is 0. The average Bonchev–Trinajstić information content (AvgIpc) is 3.10. The Labute approximate surface area is 158 Å². The lowest BCUT2D eigenvalue weighted by Gasteiger charge is -2.36. The van der Waals surface area contributed by atoms with E-state index in [0.717, 1.165) is 31.1 Å². The number of thiophene rings is 1. The largest absolute Gasteiger partial charge is 0.368 e. The van der Waals surface area contributed by atoms with Crippen LogP contribution in [0, 0.1) is 6.92 Å². The monoisotopic (exact) mass is 362 g/mol. The van der Waals surface area contributed by atoms with Crippen LogP contribution >= 0.6 is 11.3 Å². The maximum atomic E-state index is 13.0. The van der Waals surface area contributed by atoms with Crippen LogP contribution in [-0.2, 0) is 0 Å². The molecule has 4 rings (SSSR count). The number of hydrogen-bond donors (Lipinski definition) is 0. The number of carbonyl (C=O) groups excluding carboxylic acids is 1. The SMILES string of the molecule is Cc1cc(C(=O)N2CCN(c3ccccc3)CC2)sc1-c1ccccc1. The Bertz CT molecular complexity index is 881. The second kappa shape index (κ2) is 7.34. The molecule has 1 aliphatic heterocycles. The van der Waals surface area contributed by atoms with E-state index in [1.54, 1.807) is 11.3 Å². The van der Waals surface area contributed by atoms with Crippen molar-refractivity contribution in [1.29, 1.82) is 0 Å². The summed E-state index contributed by atoms with van der Waals surface area (Å²) in [4.78, 5) is 19.3. The van der Waals surface area contributed by atoms with E-state index in [2.05, 4.69) is 48.2 Å². The second-order valence-corrected chi connectivity index (χ2v) is 7.66. The number of piperazine rings is 1. The summed E-state index contributed by atoms with van der Waals surface area (Å²) in [5.74, 6) is 0.160. The van der Waals surface area contributed by atoms with Gasteiger partial charge in [-0.05, 0) is 36.2 Å². The lowest BCUT2D eigenvalue weighted by Crippen LogP contribution is -2.48. The first-order valence-electron chi connectivity index (χ1n) is 8.97. The molecule has 3 aromatic rings. The highest BCUT2D eigenvalue weighted by Crippen LogP contribution is 2.33. The molecule has 2 aromatic carbocycles. The highest BCUT2D eigenvalue weighted by atomic mass is 32.1. The van der Waals surface area contributed by atoms with Crippen molar-refractivity contribution in [3.05, 3.63) is 77.2 Å². The standard InChI is InChI=1S/C22H22N2OS/c1-17-16-20(26-21(17)18-8-4-2-5-9-18)22(25)24-14-12-23(13-15-24)19-10-6-3-7-11-19/h2-11,16H,12-15H2,1H3. The van der Waals surface area contributed by atoms with Crippen LogP contribution in [0.25, 0.3) is 10.4 Å². The van der Waals surface area contributed by atoms with Crippen molar-refractivity contribution in [3.63, 3.8) is 0 Å². The van der Waals surface area contributed by atoms with E-state index in [4.69, 9.17) is 0 Å². The fourth-order valence-electron chi connectivity index (χ4n) is 3.43. The minimum atomic E-state index is 0.160. The van der Waals surface area contributed by atoms with Gasteiger partial charge in [-0.2, -0.15) is 0 Å². The number of hydrogen-bond acceptors (Lipinski definition) is 3. The molecule has 0 bridgehead atoms. The van der Waals surface area contributed by atoms with Crippen molar-refractivity contribution in [1.82, 2.24) is 4.90 Å². The lowest BCUT2D eigenvalue weighted by atomic mass is 10.1. The Morgan fingerprint density at radius 2 is 1.50 bits per heavy atom. The van der Waals surface area contributed by atoms with E-state index >= 15 is 0 Å². The van der Waals surface area contributed by atoms with Gasteiger partial charge in [0.2, 0.25) is 0 Å². The molecular weight excluding hydrogens is 340 g/mol. The van der Waals surface area contributed by atoms with Gasteiger partial charge in [-0.3, -0.25) is 4.79 Å². The highest BCUT2D eigenvalue weighted by molar-refractivity contribution is 7.17. The first kappa shape index (κ1) is 16.9. The zero-order valence-electron chi connectivity index (χ0n) is 14.9. The molecule has 0 radical (unpaired) electrons. The van der Waals surface area contributed by atoms with E-state index in [0.29, 0.717) is 0 Å². The van der Waals surface area contributed by atoms with Gasteiger partial charge in [0.15, 0.2) is 0 Å². The fourth-order valence-corrected chi connectivity index (χ4v) is 4.57. The molecule has 132 valence electrons. The summed E-state index contributed by atoms with van der Waals surface area (Å²) >= 11 is 1.61. The van der Waals surface area contributed by atoms with Crippen molar-refractivity contribution in [2.24, 2.45) is 0 Å². The molecule has 1 aromatic heterocycles. The molecule has 26 heavy (non-hydrogen) atoms. The number of rotatable bonds is 3. The van der Waals surface area contributed by atoms with Crippen LogP contribution in [0.5, 0.6) is 0 Å². The van der Waals surface area contributed by atoms with Crippen molar-refractivity contribution in [2.45, 2.75) is 6.92 Å². The predicted molar refractivity (Wildman–Crippen MR) is 109 cm³/mol. The Hall–Kier alpha value is -2.59. The number of benzene rings is 2. The third-order valence-electron chi connectivity index (χ3n) is 4.85. The predicted octanol–water partition coefficient (Wildman–Crippen LogP) is 4.69. The quantitative estimate of drug-likeness (QED) is 0.675. The van der Waals surface area contributed by atoms with Crippen LogP contribution < -0.4 is 4.90 Å². The number of amides is 1. The van der Waals surface area contributed by atoms with Crippen LogP contribution in [0.3, 0.4) is 0 Å². The summed E-state index contributed by atoms with van der Waals surface area (Å²) in [5, 5.41) is 0. The Morgan fingerprint density at radius 1 is 0.885 bits per heavy atom. The molecule has 0 saturated carbocycles. The first-order chi connectivity index (χ1) is 12.7. The third-order valence-corrected chi connectivity index (χ3v) is 6.13. The van der Waals surface area contributed by atoms with Crippen LogP contribution in [-0.4, -0.2) is 37.0 Å². The van der Waals surface area contributed by atoms with Crippen molar-refractivity contribution < 1.29 is 4.79 Å². The summed E-state index contributed by atoms with van der Waals surface area (Å²) in [6.07, 6.45) is 0. The molecule has 4 heteroatoms. The maximum Gasteiger partial charge on any atom is 0.264 e. The number of nitrogens with zero attached hydrogens (tertiary/aromatic N) is 2. The van der Waals surface area contributed by atoms with Crippen LogP contribution in [0.15, 0.2) is 66.7 Å². The molecule has 0 spiro atoms. The molecule has 1 fully saturated rings. The van der Waals surface area contributed by atoms with Crippen molar-refractivity contribution in [2.75, 3.05) is 31.1 Å². The normalized spacial score (nSPS) is 14.5. The van der Waals surface area contributed by atoms with E-state index in [-0.39, 0.29) is 5.91 Å². The number of aryl methyl sites for hydroxylation is 1. The molecule has 3 nitrogen and oxygen atoms in total. The van der Waals surface area contributed by atoms with Gasteiger partial charge in [-0.15, -0.1) is 11.3 Å². The van der Waals surface area contributed by atoms with Crippen molar-refractivity contribution >= 4 is 22.9 Å². The fraction of sp³-hybridized carbons (Fsp3) is 0.227. The summed E-state index contributed by atoms with van der Waals surface area (Å²) in [6.45, 7) is 5.39. The summed E-state index contributed by atoms with van der Waals surface area (Å²) in [5.41, 5.74) is 3.59. The number of para-hydroxylation sites is 1. The molecule has 1 saturated heterocycles. The zero-order chi connectivity index (χ0) is 17.9. The van der Waals surface area contributed by atoms with Crippen LogP contribution in [0.2, 0.25) is 0 Å². The van der Waals surface area contributed by atoms with Gasteiger partial charge in [-0.1, -0.05) is 48.5 Å². The Morgan fingerprint density at radius 3 is 2.15 bits per heavy atom. The van der Waals surface area contributed by atoms with E-state index in [1.165, 1.54) is 21.7 Å². The Balaban J connectivity index is 1.46. The van der Waals surface area contributed by atoms with Gasteiger partial charge >= 0.3 is 0 Å². The first-order valence-corrected chi connectivity index (χ1v) is 9.79. The maximum absolute atomic E-state index is 13.0. The zero-order valence-corrected chi connectivity index (χ0v) is 15.7. The molecule has 0 unspecified atom stereocenters. The van der Waals surface area contributed by atoms with Crippen molar-refractivity contribution in [3.8, 4) is 10.4 Å². The summed E-state index contributed by atoms with van der Waals surface area (Å²) in [6, 6.07) is 22.8. The smallest absolute Gasteiger partial charge is 0.264 e.